The van der Waals surface area contributed by atoms with E-state index in [2.05, 4.69) is 22.2 Å². The maximum Gasteiger partial charge on any atom is 0.263 e. The molecule has 8 nitrogen and oxygen atoms in total. The third kappa shape index (κ3) is 4.89. The smallest absolute Gasteiger partial charge is 0.263 e. The zero-order valence-electron chi connectivity index (χ0n) is 16.4. The highest BCUT2D eigenvalue weighted by molar-refractivity contribution is 7.89. The Morgan fingerprint density at radius 2 is 1.85 bits per heavy atom. The number of carbonyl (C=O) groups excluding carboxylic acids is 1. The van der Waals surface area contributed by atoms with Gasteiger partial charge in [0.2, 0.25) is 5.03 Å². The van der Waals surface area contributed by atoms with Gasteiger partial charge in [-0.05, 0) is 44.7 Å². The highest BCUT2D eigenvalue weighted by atomic mass is 32.2. The van der Waals surface area contributed by atoms with Crippen molar-refractivity contribution in [3.8, 4) is 0 Å². The van der Waals surface area contributed by atoms with Crippen molar-refractivity contribution in [1.82, 2.24) is 24.3 Å². The van der Waals surface area contributed by atoms with E-state index in [-0.39, 0.29) is 16.5 Å². The molecule has 1 N–H and O–H groups in total. The van der Waals surface area contributed by atoms with E-state index in [9.17, 15) is 13.2 Å². The molecule has 3 rings (SSSR count). The number of hydrogen-bond acceptors (Lipinski definition) is 5. The number of carbonyl (C=O) groups is 1. The van der Waals surface area contributed by atoms with E-state index in [1.54, 1.807) is 7.05 Å². The Morgan fingerprint density at radius 1 is 1.19 bits per heavy atom. The van der Waals surface area contributed by atoms with E-state index in [0.29, 0.717) is 25.6 Å². The summed E-state index contributed by atoms with van der Waals surface area (Å²) in [5.74, 6) is 0.154. The number of aryl methyl sites for hydroxylation is 1. The van der Waals surface area contributed by atoms with Gasteiger partial charge >= 0.3 is 0 Å². The van der Waals surface area contributed by atoms with E-state index < -0.39 is 10.0 Å². The molecule has 0 aromatic carbocycles. The van der Waals surface area contributed by atoms with Crippen LogP contribution in [0.5, 0.6) is 0 Å². The van der Waals surface area contributed by atoms with Crippen LogP contribution in [0.1, 0.15) is 49.4 Å². The Hall–Kier alpha value is -1.45. The Kier molecular flexibility index (Phi) is 6.54. The summed E-state index contributed by atoms with van der Waals surface area (Å²) in [6.45, 7) is 6.52. The molecule has 1 aromatic rings. The molecule has 2 aliphatic heterocycles. The van der Waals surface area contributed by atoms with Crippen molar-refractivity contribution < 1.29 is 13.2 Å². The first-order valence-corrected chi connectivity index (χ1v) is 11.4. The summed E-state index contributed by atoms with van der Waals surface area (Å²) >= 11 is 0. The molecule has 0 unspecified atom stereocenters. The van der Waals surface area contributed by atoms with Crippen molar-refractivity contribution in [2.75, 3.05) is 39.3 Å². The summed E-state index contributed by atoms with van der Waals surface area (Å²) in [5.41, 5.74) is 0.134. The van der Waals surface area contributed by atoms with Gasteiger partial charge in [-0.25, -0.2) is 8.42 Å². The molecule has 3 heterocycles. The summed E-state index contributed by atoms with van der Waals surface area (Å²) in [5, 5.41) is 6.85. The molecule has 2 saturated heterocycles. The minimum atomic E-state index is -3.76. The van der Waals surface area contributed by atoms with Crippen LogP contribution in [-0.2, 0) is 17.1 Å². The molecule has 1 aromatic heterocycles. The Labute approximate surface area is 161 Å². The SMILES string of the molecule is CC1CCN(S(=O)(=O)c2nn(C)cc2C(=O)NCCN2CCCCC2)CC1. The highest BCUT2D eigenvalue weighted by Crippen LogP contribution is 2.24. The average Bonchev–Trinajstić information content (AvgIpc) is 3.06. The van der Waals surface area contributed by atoms with Crippen LogP contribution in [-0.4, -0.2) is 72.6 Å². The van der Waals surface area contributed by atoms with Gasteiger partial charge in [-0.1, -0.05) is 13.3 Å². The lowest BCUT2D eigenvalue weighted by Gasteiger charge is -2.29. The molecule has 0 bridgehead atoms. The minimum Gasteiger partial charge on any atom is -0.351 e. The molecule has 0 spiro atoms. The summed E-state index contributed by atoms with van der Waals surface area (Å²) in [6, 6.07) is 0. The molecule has 1 amide bonds. The zero-order valence-corrected chi connectivity index (χ0v) is 17.2. The van der Waals surface area contributed by atoms with Gasteiger partial charge in [-0.2, -0.15) is 9.40 Å². The van der Waals surface area contributed by atoms with Gasteiger partial charge in [0.25, 0.3) is 15.9 Å². The summed E-state index contributed by atoms with van der Waals surface area (Å²) in [7, 11) is -2.11. The van der Waals surface area contributed by atoms with Crippen molar-refractivity contribution in [3.05, 3.63) is 11.8 Å². The van der Waals surface area contributed by atoms with Crippen LogP contribution in [0.3, 0.4) is 0 Å². The van der Waals surface area contributed by atoms with Crippen LogP contribution in [0.2, 0.25) is 0 Å². The summed E-state index contributed by atoms with van der Waals surface area (Å²) < 4.78 is 28.9. The molecule has 27 heavy (non-hydrogen) atoms. The molecular weight excluding hydrogens is 366 g/mol. The molecule has 0 atom stereocenters. The maximum atomic E-state index is 13.0. The van der Waals surface area contributed by atoms with Gasteiger partial charge in [-0.3, -0.25) is 9.48 Å². The van der Waals surface area contributed by atoms with Gasteiger partial charge < -0.3 is 10.2 Å². The first-order valence-electron chi connectivity index (χ1n) is 9.92. The van der Waals surface area contributed by atoms with Crippen LogP contribution in [0.25, 0.3) is 0 Å². The van der Waals surface area contributed by atoms with E-state index in [4.69, 9.17) is 0 Å². The van der Waals surface area contributed by atoms with E-state index >= 15 is 0 Å². The first-order chi connectivity index (χ1) is 12.9. The lowest BCUT2D eigenvalue weighted by atomic mass is 10.0. The highest BCUT2D eigenvalue weighted by Gasteiger charge is 2.34. The van der Waals surface area contributed by atoms with Crippen molar-refractivity contribution in [2.24, 2.45) is 13.0 Å². The van der Waals surface area contributed by atoms with Gasteiger partial charge in [0, 0.05) is 39.4 Å². The molecule has 9 heteroatoms. The molecule has 2 aliphatic rings. The second-order valence-electron chi connectivity index (χ2n) is 7.77. The molecule has 2 fully saturated rings. The standard InChI is InChI=1S/C18H31N5O3S/c1-15-6-11-23(12-7-15)27(25,26)18-16(14-21(2)20-18)17(24)19-8-13-22-9-4-3-5-10-22/h14-15H,3-13H2,1-2H3,(H,19,24). The fraction of sp³-hybridized carbons (Fsp3) is 0.778. The monoisotopic (exact) mass is 397 g/mol. The largest absolute Gasteiger partial charge is 0.351 e. The second kappa shape index (κ2) is 8.70. The van der Waals surface area contributed by atoms with Gasteiger partial charge in [0.05, 0.1) is 5.56 Å². The van der Waals surface area contributed by atoms with Gasteiger partial charge in [0.1, 0.15) is 0 Å². The van der Waals surface area contributed by atoms with Crippen LogP contribution in [0, 0.1) is 5.92 Å². The van der Waals surface area contributed by atoms with Crippen molar-refractivity contribution in [3.63, 3.8) is 0 Å². The minimum absolute atomic E-state index is 0.130. The van der Waals surface area contributed by atoms with Crippen LogP contribution in [0.15, 0.2) is 11.2 Å². The number of nitrogens with one attached hydrogen (secondary N) is 1. The summed E-state index contributed by atoms with van der Waals surface area (Å²) in [4.78, 5) is 15.0. The lowest BCUT2D eigenvalue weighted by molar-refractivity contribution is 0.0943. The van der Waals surface area contributed by atoms with Crippen molar-refractivity contribution >= 4 is 15.9 Å². The third-order valence-electron chi connectivity index (χ3n) is 5.53. The molecule has 152 valence electrons. The third-order valence-corrected chi connectivity index (χ3v) is 7.36. The van der Waals surface area contributed by atoms with Gasteiger partial charge in [-0.15, -0.1) is 0 Å². The molecule has 0 aliphatic carbocycles. The van der Waals surface area contributed by atoms with Crippen LogP contribution >= 0.6 is 0 Å². The number of hydrogen-bond donors (Lipinski definition) is 1. The van der Waals surface area contributed by atoms with E-state index in [1.807, 2.05) is 0 Å². The number of amides is 1. The molecule has 0 saturated carbocycles. The molecular formula is C18H31N5O3S. The van der Waals surface area contributed by atoms with Crippen molar-refractivity contribution in [2.45, 2.75) is 44.1 Å². The Bertz CT molecular complexity index is 747. The number of aromatic nitrogens is 2. The predicted octanol–water partition coefficient (Wildman–Crippen LogP) is 1.06. The maximum absolute atomic E-state index is 13.0. The normalized spacial score (nSPS) is 20.7. The van der Waals surface area contributed by atoms with E-state index in [0.717, 1.165) is 32.5 Å². The number of sulfonamides is 1. The van der Waals surface area contributed by atoms with Crippen molar-refractivity contribution in [1.29, 1.82) is 0 Å². The van der Waals surface area contributed by atoms with Crippen LogP contribution < -0.4 is 5.32 Å². The van der Waals surface area contributed by atoms with Crippen LogP contribution in [0.4, 0.5) is 0 Å². The number of rotatable bonds is 6. The number of piperidine rings is 2. The first kappa shape index (κ1) is 20.3. The average molecular weight is 398 g/mol. The fourth-order valence-electron chi connectivity index (χ4n) is 3.77. The summed E-state index contributed by atoms with van der Waals surface area (Å²) in [6.07, 6.45) is 6.85. The zero-order chi connectivity index (χ0) is 19.4. The quantitative estimate of drug-likeness (QED) is 0.775. The Balaban J connectivity index is 1.66. The fourth-order valence-corrected chi connectivity index (χ4v) is 5.36. The number of likely N-dealkylation sites (tertiary alicyclic amines) is 1. The molecule has 0 radical (unpaired) electrons. The van der Waals surface area contributed by atoms with Gasteiger partial charge in [0.15, 0.2) is 0 Å². The Morgan fingerprint density at radius 3 is 2.52 bits per heavy atom. The van der Waals surface area contributed by atoms with E-state index in [1.165, 1.54) is 34.4 Å². The topological polar surface area (TPSA) is 87.5 Å². The number of nitrogens with zero attached hydrogens (tertiary/aromatic N) is 4. The second-order valence-corrected chi connectivity index (χ2v) is 9.62. The lowest BCUT2D eigenvalue weighted by Crippen LogP contribution is -2.40. The predicted molar refractivity (Wildman–Crippen MR) is 103 cm³/mol.